The van der Waals surface area contributed by atoms with Gasteiger partial charge in [0.15, 0.2) is 5.78 Å². The molecule has 19 heavy (non-hydrogen) atoms. The molecule has 4 nitrogen and oxygen atoms in total. The van der Waals surface area contributed by atoms with Gasteiger partial charge in [0.2, 0.25) is 0 Å². The van der Waals surface area contributed by atoms with E-state index in [0.717, 1.165) is 0 Å². The van der Waals surface area contributed by atoms with Crippen LogP contribution < -0.4 is 0 Å². The first-order valence-corrected chi connectivity index (χ1v) is 6.42. The highest BCUT2D eigenvalue weighted by Crippen LogP contribution is 2.16. The third kappa shape index (κ3) is 4.02. The minimum atomic E-state index is -0.938. The normalized spacial score (nSPS) is 11.7. The van der Waals surface area contributed by atoms with Crippen LogP contribution in [0.4, 0.5) is 0 Å². The second-order valence-electron chi connectivity index (χ2n) is 4.16. The van der Waals surface area contributed by atoms with Gasteiger partial charge in [0.25, 0.3) is 5.78 Å². The molecule has 0 N–H and O–H groups in total. The molecule has 0 aliphatic carbocycles. The van der Waals surface area contributed by atoms with Gasteiger partial charge >= 0.3 is 5.97 Å². The van der Waals surface area contributed by atoms with Crippen LogP contribution in [0, 0.1) is 5.92 Å². The lowest BCUT2D eigenvalue weighted by Crippen LogP contribution is -2.31. The van der Waals surface area contributed by atoms with E-state index in [4.69, 9.17) is 0 Å². The molecule has 1 aromatic rings. The highest BCUT2D eigenvalue weighted by atomic mass is 16.5. The predicted octanol–water partition coefficient (Wildman–Crippen LogP) is 2.42. The Morgan fingerprint density at radius 1 is 1.11 bits per heavy atom. The molecule has 1 atom stereocenters. The quantitative estimate of drug-likeness (QED) is 0.328. The summed E-state index contributed by atoms with van der Waals surface area (Å²) in [5, 5.41) is 0. The lowest BCUT2D eigenvalue weighted by atomic mass is 9.90. The molecule has 0 saturated heterocycles. The van der Waals surface area contributed by atoms with Crippen molar-refractivity contribution in [1.82, 2.24) is 0 Å². The average Bonchev–Trinajstić information content (AvgIpc) is 2.44. The number of esters is 1. The number of Topliss-reactive ketones (excluding diaryl/α,β-unsaturated/α-hetero) is 2. The largest absolute Gasteiger partial charge is 0.460 e. The van der Waals surface area contributed by atoms with Gasteiger partial charge in [0.1, 0.15) is 0 Å². The van der Waals surface area contributed by atoms with E-state index in [2.05, 4.69) is 4.74 Å². The third-order valence-corrected chi connectivity index (χ3v) is 2.75. The van der Waals surface area contributed by atoms with Gasteiger partial charge in [-0.3, -0.25) is 9.59 Å². The highest BCUT2D eigenvalue weighted by molar-refractivity contribution is 6.39. The van der Waals surface area contributed by atoms with Gasteiger partial charge in [0, 0.05) is 5.56 Å². The molecule has 1 rings (SSSR count). The van der Waals surface area contributed by atoms with E-state index >= 15 is 0 Å². The summed E-state index contributed by atoms with van der Waals surface area (Å²) in [6.45, 7) is 3.62. The third-order valence-electron chi connectivity index (χ3n) is 2.75. The van der Waals surface area contributed by atoms with E-state index in [0.29, 0.717) is 18.4 Å². The molecule has 0 fully saturated rings. The zero-order chi connectivity index (χ0) is 14.3. The average molecular weight is 262 g/mol. The molecule has 4 heteroatoms. The smallest absolute Gasteiger partial charge is 0.375 e. The van der Waals surface area contributed by atoms with Gasteiger partial charge in [-0.2, -0.15) is 0 Å². The Kier molecular flexibility index (Phi) is 5.93. The molecule has 0 amide bonds. The Balaban J connectivity index is 2.91. The van der Waals surface area contributed by atoms with Gasteiger partial charge in [-0.25, -0.2) is 4.79 Å². The molecule has 1 aromatic carbocycles. The molecule has 1 unspecified atom stereocenters. The topological polar surface area (TPSA) is 60.4 Å². The van der Waals surface area contributed by atoms with Crippen molar-refractivity contribution < 1.29 is 19.1 Å². The van der Waals surface area contributed by atoms with E-state index in [1.807, 2.05) is 6.92 Å². The lowest BCUT2D eigenvalue weighted by Gasteiger charge is -2.12. The van der Waals surface area contributed by atoms with Crippen molar-refractivity contribution in [2.75, 3.05) is 6.61 Å². The number of hydrogen-bond donors (Lipinski definition) is 0. The van der Waals surface area contributed by atoms with Crippen LogP contribution in [-0.2, 0) is 14.3 Å². The summed E-state index contributed by atoms with van der Waals surface area (Å²) in [5.41, 5.74) is 0.443. The van der Waals surface area contributed by atoms with Gasteiger partial charge in [0.05, 0.1) is 12.5 Å². The molecular weight excluding hydrogens is 244 g/mol. The van der Waals surface area contributed by atoms with Crippen LogP contribution in [0.3, 0.4) is 0 Å². The summed E-state index contributed by atoms with van der Waals surface area (Å²) in [6, 6.07) is 8.53. The van der Waals surface area contributed by atoms with E-state index in [1.54, 1.807) is 37.3 Å². The number of carbonyl (C=O) groups is 3. The zero-order valence-corrected chi connectivity index (χ0v) is 11.2. The number of rotatable bonds is 7. The second-order valence-corrected chi connectivity index (χ2v) is 4.16. The van der Waals surface area contributed by atoms with Gasteiger partial charge in [-0.1, -0.05) is 43.7 Å². The molecule has 0 spiro atoms. The molecule has 0 radical (unpaired) electrons. The first-order chi connectivity index (χ1) is 9.11. The van der Waals surface area contributed by atoms with Crippen LogP contribution in [0.1, 0.15) is 37.0 Å². The standard InChI is InChI=1S/C15H18O4/c1-3-8-12(14(17)15(18)19-4-2)13(16)11-9-6-5-7-10-11/h5-7,9-10,12H,3-4,8H2,1-2H3. The number of carbonyl (C=O) groups excluding carboxylic acids is 3. The summed E-state index contributed by atoms with van der Waals surface area (Å²) in [4.78, 5) is 35.7. The molecule has 0 aliphatic rings. The van der Waals surface area contributed by atoms with E-state index in [9.17, 15) is 14.4 Å². The van der Waals surface area contributed by atoms with Crippen LogP contribution in [0.2, 0.25) is 0 Å². The summed E-state index contributed by atoms with van der Waals surface area (Å²) in [6.07, 6.45) is 1.000. The SMILES string of the molecule is CCCC(C(=O)C(=O)OCC)C(=O)c1ccccc1. The van der Waals surface area contributed by atoms with Crippen molar-refractivity contribution in [1.29, 1.82) is 0 Å². The maximum absolute atomic E-state index is 12.3. The minimum absolute atomic E-state index is 0.128. The Labute approximate surface area is 112 Å². The van der Waals surface area contributed by atoms with Crippen molar-refractivity contribution >= 4 is 17.5 Å². The van der Waals surface area contributed by atoms with Crippen LogP contribution in [0.15, 0.2) is 30.3 Å². The fourth-order valence-corrected chi connectivity index (χ4v) is 1.82. The molecule has 0 heterocycles. The van der Waals surface area contributed by atoms with Gasteiger partial charge < -0.3 is 4.74 Å². The summed E-state index contributed by atoms with van der Waals surface area (Å²) >= 11 is 0. The van der Waals surface area contributed by atoms with E-state index in [-0.39, 0.29) is 12.4 Å². The second kappa shape index (κ2) is 7.46. The minimum Gasteiger partial charge on any atom is -0.460 e. The maximum atomic E-state index is 12.3. The number of ether oxygens (including phenoxy) is 1. The first-order valence-electron chi connectivity index (χ1n) is 6.42. The molecule has 0 bridgehead atoms. The van der Waals surface area contributed by atoms with E-state index in [1.165, 1.54) is 0 Å². The lowest BCUT2D eigenvalue weighted by molar-refractivity contribution is -0.154. The van der Waals surface area contributed by atoms with Crippen LogP contribution in [-0.4, -0.2) is 24.1 Å². The Bertz CT molecular complexity index is 450. The fraction of sp³-hybridized carbons (Fsp3) is 0.400. The highest BCUT2D eigenvalue weighted by Gasteiger charge is 2.32. The molecule has 0 aliphatic heterocycles. The number of hydrogen-bond acceptors (Lipinski definition) is 4. The Morgan fingerprint density at radius 3 is 2.26 bits per heavy atom. The Morgan fingerprint density at radius 2 is 1.74 bits per heavy atom. The summed E-state index contributed by atoms with van der Waals surface area (Å²) < 4.78 is 4.68. The monoisotopic (exact) mass is 262 g/mol. The summed E-state index contributed by atoms with van der Waals surface area (Å²) in [5.74, 6) is -2.94. The maximum Gasteiger partial charge on any atom is 0.375 e. The number of ketones is 2. The van der Waals surface area contributed by atoms with Crippen LogP contribution in [0.5, 0.6) is 0 Å². The molecular formula is C15H18O4. The fourth-order valence-electron chi connectivity index (χ4n) is 1.82. The van der Waals surface area contributed by atoms with Crippen molar-refractivity contribution in [3.8, 4) is 0 Å². The van der Waals surface area contributed by atoms with E-state index < -0.39 is 17.7 Å². The van der Waals surface area contributed by atoms with Crippen molar-refractivity contribution in [3.63, 3.8) is 0 Å². The van der Waals surface area contributed by atoms with Crippen molar-refractivity contribution in [2.24, 2.45) is 5.92 Å². The molecule has 102 valence electrons. The van der Waals surface area contributed by atoms with Crippen molar-refractivity contribution in [3.05, 3.63) is 35.9 Å². The molecule has 0 aromatic heterocycles. The molecule has 0 saturated carbocycles. The predicted molar refractivity (Wildman–Crippen MR) is 70.8 cm³/mol. The van der Waals surface area contributed by atoms with Gasteiger partial charge in [-0.05, 0) is 13.3 Å². The van der Waals surface area contributed by atoms with Crippen LogP contribution in [0.25, 0.3) is 0 Å². The Hall–Kier alpha value is -1.97. The zero-order valence-electron chi connectivity index (χ0n) is 11.2. The summed E-state index contributed by atoms with van der Waals surface area (Å²) in [7, 11) is 0. The van der Waals surface area contributed by atoms with Crippen LogP contribution >= 0.6 is 0 Å². The number of benzene rings is 1. The van der Waals surface area contributed by atoms with Gasteiger partial charge in [-0.15, -0.1) is 0 Å². The van der Waals surface area contributed by atoms with Crippen molar-refractivity contribution in [2.45, 2.75) is 26.7 Å². The first kappa shape index (κ1) is 15.1.